The van der Waals surface area contributed by atoms with E-state index in [0.717, 1.165) is 25.7 Å². The van der Waals surface area contributed by atoms with Gasteiger partial charge in [-0.2, -0.15) is 0 Å². The van der Waals surface area contributed by atoms with Gasteiger partial charge in [-0.3, -0.25) is 0 Å². The molecular weight excluding hydrogens is 598 g/mol. The molecule has 0 spiro atoms. The van der Waals surface area contributed by atoms with Crippen LogP contribution in [0.25, 0.3) is 33.3 Å². The van der Waals surface area contributed by atoms with Crippen LogP contribution in [0.3, 0.4) is 0 Å². The van der Waals surface area contributed by atoms with Gasteiger partial charge in [-0.15, -0.1) is 0 Å². The molecule has 0 aliphatic rings. The smallest absolute Gasteiger partial charge is 0.269 e. The Hall–Kier alpha value is -3.19. The highest BCUT2D eigenvalue weighted by Gasteiger charge is 2.28. The van der Waals surface area contributed by atoms with Crippen molar-refractivity contribution in [3.05, 3.63) is 66.2 Å². The molecule has 8 nitrogen and oxygen atoms in total. The number of aryl methyl sites for hydroxylation is 2. The van der Waals surface area contributed by atoms with E-state index in [1.807, 2.05) is 23.8 Å². The lowest BCUT2D eigenvalue weighted by Crippen LogP contribution is -2.14. The minimum absolute atomic E-state index is 0.0983. The summed E-state index contributed by atoms with van der Waals surface area (Å²) in [6, 6.07) is 11.3. The summed E-state index contributed by atoms with van der Waals surface area (Å²) in [4.78, 5) is 8.92. The molecule has 0 radical (unpaired) electrons. The van der Waals surface area contributed by atoms with Crippen molar-refractivity contribution in [1.29, 1.82) is 0 Å². The average molecular weight is 620 g/mol. The van der Waals surface area contributed by atoms with Crippen LogP contribution in [0.5, 0.6) is 11.6 Å². The van der Waals surface area contributed by atoms with Crippen LogP contribution >= 0.6 is 22.6 Å². The van der Waals surface area contributed by atoms with E-state index in [1.54, 1.807) is 30.3 Å². The Morgan fingerprint density at radius 2 is 1.83 bits per heavy atom. The molecule has 0 aliphatic carbocycles. The molecule has 36 heavy (non-hydrogen) atoms. The normalized spacial score (nSPS) is 11.9. The molecule has 0 fully saturated rings. The van der Waals surface area contributed by atoms with E-state index in [2.05, 4.69) is 32.6 Å². The summed E-state index contributed by atoms with van der Waals surface area (Å²) >= 11 is 2.27. The molecule has 0 saturated heterocycles. The molecule has 1 aromatic carbocycles. The summed E-state index contributed by atoms with van der Waals surface area (Å²) < 4.78 is 56.8. The fraction of sp³-hybridized carbons (Fsp3) is 0.200. The number of methoxy groups -OCH3 is 2. The molecule has 5 aromatic rings. The third-order valence-electron chi connectivity index (χ3n) is 5.92. The maximum absolute atomic E-state index is 14.1. The van der Waals surface area contributed by atoms with Gasteiger partial charge in [0.1, 0.15) is 11.3 Å². The van der Waals surface area contributed by atoms with Crippen molar-refractivity contribution in [3.63, 3.8) is 0 Å². The molecule has 4 heterocycles. The zero-order valence-corrected chi connectivity index (χ0v) is 22.7. The molecule has 0 atom stereocenters. The first kappa shape index (κ1) is 24.5. The van der Waals surface area contributed by atoms with Crippen LogP contribution in [-0.4, -0.2) is 45.6 Å². The molecule has 0 saturated carbocycles. The maximum atomic E-state index is 14.1. The van der Waals surface area contributed by atoms with E-state index in [9.17, 15) is 12.8 Å². The van der Waals surface area contributed by atoms with Crippen molar-refractivity contribution in [2.24, 2.45) is 0 Å². The van der Waals surface area contributed by atoms with Crippen LogP contribution in [-0.2, 0) is 16.6 Å². The Bertz CT molecular complexity index is 1710. The maximum Gasteiger partial charge on any atom is 0.269 e. The topological polar surface area (TPSA) is 88.2 Å². The highest BCUT2D eigenvalue weighted by atomic mass is 127. The molecule has 0 bridgehead atoms. The number of aromatic nitrogens is 4. The van der Waals surface area contributed by atoms with Gasteiger partial charge in [0.2, 0.25) is 0 Å². The zero-order valence-electron chi connectivity index (χ0n) is 19.7. The molecule has 4 aromatic heterocycles. The van der Waals surface area contributed by atoms with Gasteiger partial charge in [0.05, 0.1) is 36.5 Å². The number of alkyl halides is 1. The van der Waals surface area contributed by atoms with Crippen molar-refractivity contribution in [1.82, 2.24) is 18.5 Å². The van der Waals surface area contributed by atoms with Gasteiger partial charge in [0, 0.05) is 34.2 Å². The summed E-state index contributed by atoms with van der Waals surface area (Å²) in [5, 5.41) is 0.357. The quantitative estimate of drug-likeness (QED) is 0.184. The predicted octanol–water partition coefficient (Wildman–Crippen LogP) is 5.19. The van der Waals surface area contributed by atoms with Gasteiger partial charge in [0.15, 0.2) is 11.4 Å². The molecule has 0 unspecified atom stereocenters. The van der Waals surface area contributed by atoms with Crippen LogP contribution < -0.4 is 9.47 Å². The number of fused-ring (bicyclic) bond motifs is 2. The molecule has 0 aliphatic heterocycles. The van der Waals surface area contributed by atoms with Gasteiger partial charge < -0.3 is 14.0 Å². The first-order valence-electron chi connectivity index (χ1n) is 11.0. The second-order valence-electron chi connectivity index (χ2n) is 8.17. The molecular formula is C25H22FIN4O4S. The first-order valence-corrected chi connectivity index (χ1v) is 13.9. The number of hydrogen-bond donors (Lipinski definition) is 0. The molecule has 0 amide bonds. The van der Waals surface area contributed by atoms with Gasteiger partial charge >= 0.3 is 0 Å². The first-order chi connectivity index (χ1) is 17.3. The second-order valence-corrected chi connectivity index (χ2v) is 11.0. The van der Waals surface area contributed by atoms with Crippen LogP contribution in [0.1, 0.15) is 5.56 Å². The van der Waals surface area contributed by atoms with Crippen molar-refractivity contribution in [2.45, 2.75) is 18.4 Å². The highest BCUT2D eigenvalue weighted by Crippen LogP contribution is 2.39. The van der Waals surface area contributed by atoms with E-state index in [1.165, 1.54) is 20.3 Å². The van der Waals surface area contributed by atoms with E-state index >= 15 is 0 Å². The van der Waals surface area contributed by atoms with Crippen molar-refractivity contribution in [2.75, 3.05) is 18.6 Å². The minimum atomic E-state index is -4.09. The fourth-order valence-corrected chi connectivity index (χ4v) is 6.22. The van der Waals surface area contributed by atoms with Gasteiger partial charge in [-0.1, -0.05) is 40.3 Å². The van der Waals surface area contributed by atoms with Gasteiger partial charge in [0.25, 0.3) is 15.9 Å². The molecule has 5 rings (SSSR count). The predicted molar refractivity (Wildman–Crippen MR) is 144 cm³/mol. The largest absolute Gasteiger partial charge is 0.491 e. The minimum Gasteiger partial charge on any atom is -0.491 e. The van der Waals surface area contributed by atoms with E-state index in [0.29, 0.717) is 34.5 Å². The van der Waals surface area contributed by atoms with Crippen molar-refractivity contribution in [3.8, 4) is 22.9 Å². The van der Waals surface area contributed by atoms with Gasteiger partial charge in [-0.05, 0) is 31.2 Å². The van der Waals surface area contributed by atoms with Gasteiger partial charge in [-0.25, -0.2) is 26.7 Å². The molecule has 186 valence electrons. The number of benzene rings is 1. The lowest BCUT2D eigenvalue weighted by molar-refractivity contribution is 0.344. The third-order valence-corrected chi connectivity index (χ3v) is 8.12. The number of hydrogen-bond acceptors (Lipinski definition) is 6. The number of ether oxygens (including phenoxy) is 2. The summed E-state index contributed by atoms with van der Waals surface area (Å²) in [7, 11) is -1.07. The van der Waals surface area contributed by atoms with E-state index in [-0.39, 0.29) is 16.4 Å². The third kappa shape index (κ3) is 3.99. The summed E-state index contributed by atoms with van der Waals surface area (Å²) in [6.45, 7) is 2.54. The highest BCUT2D eigenvalue weighted by molar-refractivity contribution is 14.1. The SMILES string of the molecule is COc1cc2c(nc1OC)c(-c1cc3cc(F)cnc3n1S(=O)(=O)c1ccc(C)cc1)cn2CCI. The molecule has 0 N–H and O–H groups in total. The Labute approximate surface area is 220 Å². The summed E-state index contributed by atoms with van der Waals surface area (Å²) in [6.07, 6.45) is 2.86. The summed E-state index contributed by atoms with van der Waals surface area (Å²) in [5.41, 5.74) is 3.20. The summed E-state index contributed by atoms with van der Waals surface area (Å²) in [5.74, 6) is 0.170. The Morgan fingerprint density at radius 3 is 2.50 bits per heavy atom. The van der Waals surface area contributed by atoms with Crippen molar-refractivity contribution < 1.29 is 22.3 Å². The van der Waals surface area contributed by atoms with Crippen LogP contribution in [0.15, 0.2) is 59.8 Å². The zero-order chi connectivity index (χ0) is 25.6. The van der Waals surface area contributed by atoms with E-state index < -0.39 is 15.8 Å². The fourth-order valence-electron chi connectivity index (χ4n) is 4.22. The average Bonchev–Trinajstić information content (AvgIpc) is 3.41. The number of nitrogens with zero attached hydrogens (tertiary/aromatic N) is 4. The number of rotatable bonds is 7. The monoisotopic (exact) mass is 620 g/mol. The van der Waals surface area contributed by atoms with Crippen LogP contribution in [0.4, 0.5) is 4.39 Å². The lowest BCUT2D eigenvalue weighted by atomic mass is 10.2. The Kier molecular flexibility index (Phi) is 6.37. The van der Waals surface area contributed by atoms with Crippen LogP contribution in [0, 0.1) is 12.7 Å². The Balaban J connectivity index is 1.88. The number of pyridine rings is 2. The second kappa shape index (κ2) is 9.36. The Morgan fingerprint density at radius 1 is 1.08 bits per heavy atom. The van der Waals surface area contributed by atoms with Crippen LogP contribution in [0.2, 0.25) is 0 Å². The number of halogens is 2. The standard InChI is InChI=1S/C25H22FIN4O4S/c1-15-4-6-18(7-5-15)36(32,33)31-20(11-16-10-17(26)13-28-24(16)31)19-14-30(9-8-27)21-12-22(34-2)25(35-3)29-23(19)21/h4-7,10-14H,8-9H2,1-3H3. The molecule has 11 heteroatoms. The van der Waals surface area contributed by atoms with Crippen molar-refractivity contribution >= 4 is 54.7 Å². The van der Waals surface area contributed by atoms with E-state index in [4.69, 9.17) is 9.47 Å². The lowest BCUT2D eigenvalue weighted by Gasteiger charge is -2.12.